The van der Waals surface area contributed by atoms with Crippen molar-refractivity contribution < 1.29 is 14.7 Å². The zero-order valence-corrected chi connectivity index (χ0v) is 10.8. The third-order valence-electron chi connectivity index (χ3n) is 3.54. The molecule has 0 aromatic rings. The molecule has 1 N–H and O–H groups in total. The molecule has 0 aromatic heterocycles. The number of nitrogens with zero attached hydrogens (tertiary/aromatic N) is 2. The number of carbonyl (C=O) groups is 2. The van der Waals surface area contributed by atoms with Crippen molar-refractivity contribution >= 4 is 23.8 Å². The van der Waals surface area contributed by atoms with Crippen LogP contribution in [0, 0.1) is 0 Å². The molecule has 6 heteroatoms. The Bertz CT molecular complexity index is 318. The monoisotopic (exact) mass is 258 g/mol. The first-order valence-corrected chi connectivity index (χ1v) is 7.10. The van der Waals surface area contributed by atoms with Crippen LogP contribution in [0.1, 0.15) is 19.3 Å². The van der Waals surface area contributed by atoms with Gasteiger partial charge in [-0.1, -0.05) is 0 Å². The number of hydrogen-bond donors (Lipinski definition) is 1. The molecule has 2 rings (SSSR count). The van der Waals surface area contributed by atoms with Crippen LogP contribution in [0.25, 0.3) is 0 Å². The Hall–Kier alpha value is -0.910. The fourth-order valence-corrected chi connectivity index (χ4v) is 3.71. The number of carboxylic acid groups (broad SMARTS) is 1. The Balaban J connectivity index is 2.00. The van der Waals surface area contributed by atoms with Gasteiger partial charge in [0, 0.05) is 25.4 Å². The van der Waals surface area contributed by atoms with Crippen LogP contribution in [0.3, 0.4) is 0 Å². The summed E-state index contributed by atoms with van der Waals surface area (Å²) in [4.78, 5) is 26.5. The van der Waals surface area contributed by atoms with Gasteiger partial charge in [-0.2, -0.15) is 11.8 Å². The Morgan fingerprint density at radius 3 is 2.76 bits per heavy atom. The van der Waals surface area contributed by atoms with Crippen molar-refractivity contribution in [2.75, 3.05) is 25.1 Å². The molecular weight excluding hydrogens is 240 g/mol. The fourth-order valence-electron chi connectivity index (χ4n) is 2.44. The second kappa shape index (κ2) is 5.16. The van der Waals surface area contributed by atoms with Gasteiger partial charge in [0.2, 0.25) is 0 Å². The molecule has 0 spiro atoms. The molecule has 2 aliphatic rings. The molecule has 2 amide bonds. The molecule has 0 bridgehead atoms. The molecule has 0 saturated carbocycles. The van der Waals surface area contributed by atoms with Crippen LogP contribution >= 0.6 is 11.8 Å². The van der Waals surface area contributed by atoms with Gasteiger partial charge in [-0.15, -0.1) is 0 Å². The van der Waals surface area contributed by atoms with Crippen LogP contribution in [0.15, 0.2) is 0 Å². The lowest BCUT2D eigenvalue weighted by Crippen LogP contribution is -2.49. The summed E-state index contributed by atoms with van der Waals surface area (Å²) < 4.78 is 0. The highest BCUT2D eigenvalue weighted by molar-refractivity contribution is 7.99. The van der Waals surface area contributed by atoms with Crippen molar-refractivity contribution in [2.24, 2.45) is 0 Å². The zero-order valence-electron chi connectivity index (χ0n) is 9.96. The molecule has 2 saturated heterocycles. The van der Waals surface area contributed by atoms with Gasteiger partial charge in [0.05, 0.1) is 0 Å². The van der Waals surface area contributed by atoms with Crippen LogP contribution in [0.4, 0.5) is 4.79 Å². The minimum atomic E-state index is -0.884. The van der Waals surface area contributed by atoms with Gasteiger partial charge in [0.1, 0.15) is 6.04 Å². The summed E-state index contributed by atoms with van der Waals surface area (Å²) >= 11 is 1.85. The zero-order chi connectivity index (χ0) is 12.4. The number of carboxylic acids is 1. The Kier molecular flexibility index (Phi) is 3.81. The van der Waals surface area contributed by atoms with E-state index >= 15 is 0 Å². The average molecular weight is 258 g/mol. The number of rotatable bonds is 2. The van der Waals surface area contributed by atoms with E-state index in [1.165, 1.54) is 4.90 Å². The Labute approximate surface area is 105 Å². The molecule has 96 valence electrons. The highest BCUT2D eigenvalue weighted by Crippen LogP contribution is 2.25. The van der Waals surface area contributed by atoms with Crippen molar-refractivity contribution in [3.63, 3.8) is 0 Å². The van der Waals surface area contributed by atoms with Crippen LogP contribution < -0.4 is 0 Å². The molecule has 17 heavy (non-hydrogen) atoms. The maximum absolute atomic E-state index is 12.2. The van der Waals surface area contributed by atoms with E-state index in [1.807, 2.05) is 11.8 Å². The third kappa shape index (κ3) is 2.51. The molecule has 5 nitrogen and oxygen atoms in total. The summed E-state index contributed by atoms with van der Waals surface area (Å²) in [7, 11) is 1.79. The summed E-state index contributed by atoms with van der Waals surface area (Å²) in [5.74, 6) is 1.17. The van der Waals surface area contributed by atoms with E-state index in [4.69, 9.17) is 5.11 Å². The smallest absolute Gasteiger partial charge is 0.326 e. The van der Waals surface area contributed by atoms with Crippen LogP contribution in [0.5, 0.6) is 0 Å². The number of carbonyl (C=O) groups excluding carboxylic acids is 1. The lowest BCUT2D eigenvalue weighted by atomic mass is 10.2. The predicted octanol–water partition coefficient (Wildman–Crippen LogP) is 1.09. The average Bonchev–Trinajstić information content (AvgIpc) is 2.97. The van der Waals surface area contributed by atoms with Crippen molar-refractivity contribution in [2.45, 2.75) is 31.3 Å². The quantitative estimate of drug-likeness (QED) is 0.805. The lowest BCUT2D eigenvalue weighted by molar-refractivity contribution is -0.141. The van der Waals surface area contributed by atoms with E-state index in [1.54, 1.807) is 11.9 Å². The number of thioether (sulfide) groups is 1. The van der Waals surface area contributed by atoms with E-state index in [-0.39, 0.29) is 12.1 Å². The Morgan fingerprint density at radius 1 is 1.41 bits per heavy atom. The molecule has 0 aromatic carbocycles. The molecular formula is C11H18N2O3S. The molecule has 0 radical (unpaired) electrons. The van der Waals surface area contributed by atoms with Gasteiger partial charge in [-0.25, -0.2) is 9.59 Å². The molecule has 2 fully saturated rings. The van der Waals surface area contributed by atoms with Gasteiger partial charge in [-0.3, -0.25) is 0 Å². The number of hydrogen-bond acceptors (Lipinski definition) is 3. The van der Waals surface area contributed by atoms with Gasteiger partial charge in [0.15, 0.2) is 0 Å². The number of amides is 2. The minimum Gasteiger partial charge on any atom is -0.480 e. The first-order chi connectivity index (χ1) is 8.11. The summed E-state index contributed by atoms with van der Waals surface area (Å²) in [6, 6.07) is -0.482. The number of urea groups is 1. The standard InChI is InChI=1S/C11H18N2O3S/c1-12(8-4-6-17-7-8)11(16)13-5-2-3-9(13)10(14)15/h8-9H,2-7H2,1H3,(H,14,15). The first kappa shape index (κ1) is 12.5. The first-order valence-electron chi connectivity index (χ1n) is 5.95. The summed E-state index contributed by atoms with van der Waals surface area (Å²) in [5, 5.41) is 9.06. The highest BCUT2D eigenvalue weighted by atomic mass is 32.2. The highest BCUT2D eigenvalue weighted by Gasteiger charge is 2.37. The van der Waals surface area contributed by atoms with E-state index in [9.17, 15) is 9.59 Å². The van der Waals surface area contributed by atoms with Crippen molar-refractivity contribution in [3.8, 4) is 0 Å². The van der Waals surface area contributed by atoms with Gasteiger partial charge in [0.25, 0.3) is 0 Å². The number of likely N-dealkylation sites (tertiary alicyclic amines) is 1. The van der Waals surface area contributed by atoms with Gasteiger partial charge < -0.3 is 14.9 Å². The Morgan fingerprint density at radius 2 is 2.18 bits per heavy atom. The summed E-state index contributed by atoms with van der Waals surface area (Å²) in [6.45, 7) is 0.569. The molecule has 2 unspecified atom stereocenters. The third-order valence-corrected chi connectivity index (χ3v) is 4.68. The minimum absolute atomic E-state index is 0.123. The van der Waals surface area contributed by atoms with Crippen LogP contribution in [0.2, 0.25) is 0 Å². The topological polar surface area (TPSA) is 60.9 Å². The van der Waals surface area contributed by atoms with E-state index in [0.29, 0.717) is 13.0 Å². The number of aliphatic carboxylic acids is 1. The predicted molar refractivity (Wildman–Crippen MR) is 66.3 cm³/mol. The maximum Gasteiger partial charge on any atom is 0.326 e. The molecule has 2 aliphatic heterocycles. The van der Waals surface area contributed by atoms with E-state index in [2.05, 4.69) is 0 Å². The summed E-state index contributed by atoms with van der Waals surface area (Å²) in [5.41, 5.74) is 0. The van der Waals surface area contributed by atoms with E-state index < -0.39 is 12.0 Å². The second-order valence-electron chi connectivity index (χ2n) is 4.60. The fraction of sp³-hybridized carbons (Fsp3) is 0.818. The molecule has 0 aliphatic carbocycles. The van der Waals surface area contributed by atoms with Crippen LogP contribution in [-0.4, -0.2) is 64.1 Å². The maximum atomic E-state index is 12.2. The normalized spacial score (nSPS) is 28.4. The summed E-state index contributed by atoms with van der Waals surface area (Å²) in [6.07, 6.45) is 2.38. The van der Waals surface area contributed by atoms with Crippen LogP contribution in [-0.2, 0) is 4.79 Å². The van der Waals surface area contributed by atoms with Crippen molar-refractivity contribution in [1.29, 1.82) is 0 Å². The van der Waals surface area contributed by atoms with Gasteiger partial charge >= 0.3 is 12.0 Å². The SMILES string of the molecule is CN(C(=O)N1CCCC1C(=O)O)C1CCSC1. The van der Waals surface area contributed by atoms with E-state index in [0.717, 1.165) is 24.3 Å². The molecule has 2 heterocycles. The second-order valence-corrected chi connectivity index (χ2v) is 5.75. The molecule has 2 atom stereocenters. The largest absolute Gasteiger partial charge is 0.480 e. The van der Waals surface area contributed by atoms with Crippen molar-refractivity contribution in [3.05, 3.63) is 0 Å². The van der Waals surface area contributed by atoms with Gasteiger partial charge in [-0.05, 0) is 25.0 Å². The lowest BCUT2D eigenvalue weighted by Gasteiger charge is -2.31. The van der Waals surface area contributed by atoms with Crippen molar-refractivity contribution in [1.82, 2.24) is 9.80 Å².